The molecule has 3 aromatic carbocycles. The van der Waals surface area contributed by atoms with Gasteiger partial charge in [-0.15, -0.1) is 0 Å². The van der Waals surface area contributed by atoms with Gasteiger partial charge >= 0.3 is 0 Å². The van der Waals surface area contributed by atoms with Crippen molar-refractivity contribution in [1.82, 2.24) is 10.2 Å². The maximum atomic E-state index is 13.9. The zero-order valence-corrected chi connectivity index (χ0v) is 24.4. The van der Waals surface area contributed by atoms with E-state index in [1.807, 2.05) is 20.8 Å². The number of benzene rings is 3. The summed E-state index contributed by atoms with van der Waals surface area (Å²) in [4.78, 5) is 28.4. The number of rotatable bonds is 13. The van der Waals surface area contributed by atoms with Crippen molar-refractivity contribution < 1.29 is 27.5 Å². The molecule has 2 amide bonds. The van der Waals surface area contributed by atoms with E-state index in [9.17, 15) is 18.0 Å². The number of carbonyl (C=O) groups excluding carboxylic acids is 2. The standard InChI is InChI=1S/C30H37N3O6S/c1-6-39-27-18-14-25(15-19-27)33(40(36,37)28-10-8-7-9-11-28)21-29(34)32(23(4)30(35)31-22(2)3)20-24-12-16-26(38-5)17-13-24/h7-19,22-23H,6,20-21H2,1-5H3,(H,31,35)/t23-/m0/s1. The van der Waals surface area contributed by atoms with E-state index >= 15 is 0 Å². The van der Waals surface area contributed by atoms with Gasteiger partial charge in [0.1, 0.15) is 24.1 Å². The Morgan fingerprint density at radius 2 is 1.48 bits per heavy atom. The average Bonchev–Trinajstić information content (AvgIpc) is 2.95. The molecule has 214 valence electrons. The number of hydrogen-bond donors (Lipinski definition) is 1. The Morgan fingerprint density at radius 1 is 0.875 bits per heavy atom. The molecule has 0 saturated heterocycles. The van der Waals surface area contributed by atoms with Crippen LogP contribution in [-0.4, -0.2) is 57.5 Å². The van der Waals surface area contributed by atoms with E-state index in [1.54, 1.807) is 80.8 Å². The molecule has 0 heterocycles. The van der Waals surface area contributed by atoms with Gasteiger partial charge in [-0.2, -0.15) is 0 Å². The molecule has 0 spiro atoms. The topological polar surface area (TPSA) is 105 Å². The van der Waals surface area contributed by atoms with Crippen molar-refractivity contribution in [3.8, 4) is 11.5 Å². The Balaban J connectivity index is 2.01. The number of carbonyl (C=O) groups is 2. The first-order valence-electron chi connectivity index (χ1n) is 13.1. The second-order valence-corrected chi connectivity index (χ2v) is 11.3. The molecule has 3 aromatic rings. The largest absolute Gasteiger partial charge is 0.497 e. The molecule has 0 unspecified atom stereocenters. The highest BCUT2D eigenvalue weighted by atomic mass is 32.2. The van der Waals surface area contributed by atoms with Crippen LogP contribution in [0.3, 0.4) is 0 Å². The van der Waals surface area contributed by atoms with Crippen molar-refractivity contribution >= 4 is 27.5 Å². The van der Waals surface area contributed by atoms with E-state index in [4.69, 9.17) is 9.47 Å². The van der Waals surface area contributed by atoms with E-state index in [0.29, 0.717) is 23.8 Å². The lowest BCUT2D eigenvalue weighted by Gasteiger charge is -2.32. The van der Waals surface area contributed by atoms with E-state index in [2.05, 4.69) is 5.32 Å². The zero-order chi connectivity index (χ0) is 29.3. The minimum Gasteiger partial charge on any atom is -0.497 e. The predicted molar refractivity (Wildman–Crippen MR) is 155 cm³/mol. The van der Waals surface area contributed by atoms with Gasteiger partial charge in [0.05, 0.1) is 24.3 Å². The first-order chi connectivity index (χ1) is 19.1. The van der Waals surface area contributed by atoms with Gasteiger partial charge in [0, 0.05) is 12.6 Å². The smallest absolute Gasteiger partial charge is 0.264 e. The fourth-order valence-corrected chi connectivity index (χ4v) is 5.47. The van der Waals surface area contributed by atoms with Crippen molar-refractivity contribution in [2.45, 2.75) is 51.2 Å². The Morgan fingerprint density at radius 3 is 2.02 bits per heavy atom. The molecule has 0 aliphatic rings. The summed E-state index contributed by atoms with van der Waals surface area (Å²) in [6.07, 6.45) is 0. The third kappa shape index (κ3) is 7.75. The molecule has 1 N–H and O–H groups in total. The van der Waals surface area contributed by atoms with Crippen molar-refractivity contribution in [3.05, 3.63) is 84.4 Å². The van der Waals surface area contributed by atoms with Crippen LogP contribution in [-0.2, 0) is 26.2 Å². The Hall–Kier alpha value is -4.05. The summed E-state index contributed by atoms with van der Waals surface area (Å²) < 4.78 is 39.4. The number of nitrogens with zero attached hydrogens (tertiary/aromatic N) is 2. The predicted octanol–water partition coefficient (Wildman–Crippen LogP) is 4.23. The molecule has 40 heavy (non-hydrogen) atoms. The maximum absolute atomic E-state index is 13.9. The summed E-state index contributed by atoms with van der Waals surface area (Å²) in [6.45, 7) is 7.19. The van der Waals surface area contributed by atoms with Gasteiger partial charge in [0.15, 0.2) is 0 Å². The van der Waals surface area contributed by atoms with Crippen molar-refractivity contribution in [2.75, 3.05) is 24.6 Å². The van der Waals surface area contributed by atoms with Gasteiger partial charge in [-0.3, -0.25) is 13.9 Å². The number of nitrogens with one attached hydrogen (secondary N) is 1. The van der Waals surface area contributed by atoms with Crippen molar-refractivity contribution in [1.29, 1.82) is 0 Å². The van der Waals surface area contributed by atoms with Crippen molar-refractivity contribution in [2.24, 2.45) is 0 Å². The number of sulfonamides is 1. The van der Waals surface area contributed by atoms with Crippen LogP contribution in [0.2, 0.25) is 0 Å². The second-order valence-electron chi connectivity index (χ2n) is 9.46. The number of hydrogen-bond acceptors (Lipinski definition) is 6. The molecule has 0 saturated carbocycles. The summed E-state index contributed by atoms with van der Waals surface area (Å²) in [7, 11) is -2.57. The van der Waals surface area contributed by atoms with Crippen LogP contribution in [0.4, 0.5) is 5.69 Å². The van der Waals surface area contributed by atoms with Gasteiger partial charge in [0.25, 0.3) is 10.0 Å². The molecular formula is C30H37N3O6S. The van der Waals surface area contributed by atoms with Crippen LogP contribution in [0.25, 0.3) is 0 Å². The third-order valence-corrected chi connectivity index (χ3v) is 7.94. The van der Waals surface area contributed by atoms with Crippen LogP contribution in [0, 0.1) is 0 Å². The fourth-order valence-electron chi connectivity index (χ4n) is 4.04. The van der Waals surface area contributed by atoms with Gasteiger partial charge in [0.2, 0.25) is 11.8 Å². The summed E-state index contributed by atoms with van der Waals surface area (Å²) in [6, 6.07) is 20.6. The lowest BCUT2D eigenvalue weighted by Crippen LogP contribution is -2.52. The van der Waals surface area contributed by atoms with Crippen LogP contribution in [0.5, 0.6) is 11.5 Å². The van der Waals surface area contributed by atoms with Gasteiger partial charge in [-0.05, 0) is 81.8 Å². The van der Waals surface area contributed by atoms with E-state index in [0.717, 1.165) is 9.87 Å². The van der Waals surface area contributed by atoms with Gasteiger partial charge in [-0.1, -0.05) is 30.3 Å². The minimum atomic E-state index is -4.13. The molecule has 0 radical (unpaired) electrons. The molecule has 3 rings (SSSR count). The molecular weight excluding hydrogens is 530 g/mol. The Bertz CT molecular complexity index is 1360. The molecule has 0 aliphatic carbocycles. The van der Waals surface area contributed by atoms with E-state index < -0.39 is 28.5 Å². The monoisotopic (exact) mass is 567 g/mol. The summed E-state index contributed by atoms with van der Waals surface area (Å²) in [5, 5.41) is 2.84. The molecule has 0 fully saturated rings. The van der Waals surface area contributed by atoms with Crippen molar-refractivity contribution in [3.63, 3.8) is 0 Å². The van der Waals surface area contributed by atoms with Crippen LogP contribution < -0.4 is 19.1 Å². The first-order valence-corrected chi connectivity index (χ1v) is 14.5. The normalized spacial score (nSPS) is 11.9. The summed E-state index contributed by atoms with van der Waals surface area (Å²) >= 11 is 0. The first kappa shape index (κ1) is 30.5. The highest BCUT2D eigenvalue weighted by Gasteiger charge is 2.32. The Kier molecular flexibility index (Phi) is 10.6. The highest BCUT2D eigenvalue weighted by Crippen LogP contribution is 2.27. The minimum absolute atomic E-state index is 0.0454. The maximum Gasteiger partial charge on any atom is 0.264 e. The molecule has 9 nitrogen and oxygen atoms in total. The molecule has 0 aromatic heterocycles. The quantitative estimate of drug-likeness (QED) is 0.332. The second kappa shape index (κ2) is 13.8. The van der Waals surface area contributed by atoms with Crippen LogP contribution >= 0.6 is 0 Å². The van der Waals surface area contributed by atoms with Gasteiger partial charge in [-0.25, -0.2) is 8.42 Å². The third-order valence-electron chi connectivity index (χ3n) is 6.16. The molecule has 10 heteroatoms. The average molecular weight is 568 g/mol. The van der Waals surface area contributed by atoms with Gasteiger partial charge < -0.3 is 19.7 Å². The fraction of sp³-hybridized carbons (Fsp3) is 0.333. The molecule has 1 atom stereocenters. The van der Waals surface area contributed by atoms with E-state index in [-0.39, 0.29) is 23.4 Å². The van der Waals surface area contributed by atoms with Crippen LogP contribution in [0.1, 0.15) is 33.3 Å². The number of amides is 2. The Labute approximate surface area is 236 Å². The highest BCUT2D eigenvalue weighted by molar-refractivity contribution is 7.92. The summed E-state index contributed by atoms with van der Waals surface area (Å²) in [5.41, 5.74) is 1.06. The van der Waals surface area contributed by atoms with E-state index in [1.165, 1.54) is 17.0 Å². The number of anilines is 1. The summed E-state index contributed by atoms with van der Waals surface area (Å²) in [5.74, 6) is 0.364. The number of ether oxygens (including phenoxy) is 2. The number of methoxy groups -OCH3 is 1. The van der Waals surface area contributed by atoms with Crippen LogP contribution in [0.15, 0.2) is 83.8 Å². The molecule has 0 bridgehead atoms. The SMILES string of the molecule is CCOc1ccc(N(CC(=O)N(Cc2ccc(OC)cc2)[C@@H](C)C(=O)NC(C)C)S(=O)(=O)c2ccccc2)cc1. The lowest BCUT2D eigenvalue weighted by atomic mass is 10.1. The molecule has 0 aliphatic heterocycles. The zero-order valence-electron chi connectivity index (χ0n) is 23.5. The lowest BCUT2D eigenvalue weighted by molar-refractivity contribution is -0.139.